The Kier molecular flexibility index (Phi) is 3.97. The monoisotopic (exact) mass is 310 g/mol. The quantitative estimate of drug-likeness (QED) is 0.910. The van der Waals surface area contributed by atoms with Gasteiger partial charge in [-0.05, 0) is 18.6 Å². The third-order valence-corrected chi connectivity index (χ3v) is 4.98. The van der Waals surface area contributed by atoms with Crippen LogP contribution in [-0.2, 0) is 0 Å². The van der Waals surface area contributed by atoms with Gasteiger partial charge in [-0.1, -0.05) is 18.2 Å². The second kappa shape index (κ2) is 6.26. The molecule has 0 radical (unpaired) electrons. The molecule has 2 saturated heterocycles. The van der Waals surface area contributed by atoms with Crippen LogP contribution in [0.5, 0.6) is 0 Å². The Hall–Kier alpha value is -1.98. The van der Waals surface area contributed by atoms with Crippen molar-refractivity contribution in [3.8, 4) is 0 Å². The normalized spacial score (nSPS) is 22.6. The summed E-state index contributed by atoms with van der Waals surface area (Å²) in [7, 11) is 0. The summed E-state index contributed by atoms with van der Waals surface area (Å²) in [4.78, 5) is 21.9. The average molecular weight is 310 g/mol. The van der Waals surface area contributed by atoms with Gasteiger partial charge in [-0.3, -0.25) is 14.7 Å². The van der Waals surface area contributed by atoms with E-state index in [9.17, 15) is 4.79 Å². The molecule has 3 heterocycles. The number of aromatic nitrogens is 1. The second-order valence-corrected chi connectivity index (χ2v) is 6.36. The van der Waals surface area contributed by atoms with E-state index in [1.54, 1.807) is 6.20 Å². The van der Waals surface area contributed by atoms with Gasteiger partial charge in [0.15, 0.2) is 0 Å². The summed E-state index contributed by atoms with van der Waals surface area (Å²) >= 11 is 0. The fraction of sp³-hybridized carbons (Fsp3) is 0.444. The highest BCUT2D eigenvalue weighted by molar-refractivity contribution is 6.05. The molecule has 120 valence electrons. The van der Waals surface area contributed by atoms with Crippen LogP contribution in [0.1, 0.15) is 16.8 Å². The van der Waals surface area contributed by atoms with E-state index in [1.807, 2.05) is 35.2 Å². The number of rotatable bonds is 2. The molecule has 1 aromatic carbocycles. The van der Waals surface area contributed by atoms with Crippen molar-refractivity contribution in [1.82, 2.24) is 20.1 Å². The first kappa shape index (κ1) is 14.6. The lowest BCUT2D eigenvalue weighted by Gasteiger charge is -2.32. The van der Waals surface area contributed by atoms with Crippen LogP contribution in [0.15, 0.2) is 36.5 Å². The predicted octanol–water partition coefficient (Wildman–Crippen LogP) is 1.35. The molecule has 0 aliphatic carbocycles. The standard InChI is InChI=1S/C18H22N4O/c23-18(16-5-1-3-14-4-2-7-20-17(14)16)22-10-6-15(13-22)21-11-8-19-9-12-21/h1-5,7,15,19H,6,8-13H2. The fourth-order valence-electron chi connectivity index (χ4n) is 3.72. The highest BCUT2D eigenvalue weighted by atomic mass is 16.2. The summed E-state index contributed by atoms with van der Waals surface area (Å²) in [6.45, 7) is 5.96. The number of hydrogen-bond acceptors (Lipinski definition) is 4. The minimum Gasteiger partial charge on any atom is -0.337 e. The molecule has 2 aliphatic heterocycles. The van der Waals surface area contributed by atoms with Crippen molar-refractivity contribution < 1.29 is 4.79 Å². The first-order chi connectivity index (χ1) is 11.3. The van der Waals surface area contributed by atoms with E-state index in [2.05, 4.69) is 15.2 Å². The highest BCUT2D eigenvalue weighted by Crippen LogP contribution is 2.22. The Morgan fingerprint density at radius 3 is 2.83 bits per heavy atom. The summed E-state index contributed by atoms with van der Waals surface area (Å²) in [5.41, 5.74) is 1.54. The summed E-state index contributed by atoms with van der Waals surface area (Å²) in [5.74, 6) is 0.118. The number of hydrogen-bond donors (Lipinski definition) is 1. The molecule has 4 rings (SSSR count). The highest BCUT2D eigenvalue weighted by Gasteiger charge is 2.31. The summed E-state index contributed by atoms with van der Waals surface area (Å²) in [6, 6.07) is 10.3. The summed E-state index contributed by atoms with van der Waals surface area (Å²) < 4.78 is 0. The zero-order valence-corrected chi connectivity index (χ0v) is 13.2. The van der Waals surface area contributed by atoms with E-state index in [0.29, 0.717) is 6.04 Å². The number of fused-ring (bicyclic) bond motifs is 1. The van der Waals surface area contributed by atoms with Crippen LogP contribution < -0.4 is 5.32 Å². The lowest BCUT2D eigenvalue weighted by Crippen LogP contribution is -2.49. The van der Waals surface area contributed by atoms with Crippen molar-refractivity contribution in [2.75, 3.05) is 39.3 Å². The smallest absolute Gasteiger partial charge is 0.256 e. The van der Waals surface area contributed by atoms with Crippen LogP contribution >= 0.6 is 0 Å². The van der Waals surface area contributed by atoms with Crippen molar-refractivity contribution in [2.24, 2.45) is 0 Å². The largest absolute Gasteiger partial charge is 0.337 e. The Bertz CT molecular complexity index is 706. The molecule has 0 bridgehead atoms. The van der Waals surface area contributed by atoms with Gasteiger partial charge in [0.1, 0.15) is 0 Å². The van der Waals surface area contributed by atoms with Gasteiger partial charge in [-0.25, -0.2) is 0 Å². The molecule has 23 heavy (non-hydrogen) atoms. The van der Waals surface area contributed by atoms with Crippen molar-refractivity contribution in [1.29, 1.82) is 0 Å². The molecular weight excluding hydrogens is 288 g/mol. The van der Waals surface area contributed by atoms with E-state index in [4.69, 9.17) is 0 Å². The molecular formula is C18H22N4O. The van der Waals surface area contributed by atoms with Gasteiger partial charge in [-0.15, -0.1) is 0 Å². The summed E-state index contributed by atoms with van der Waals surface area (Å²) in [5, 5.41) is 4.41. The number of pyridine rings is 1. The van der Waals surface area contributed by atoms with Crippen LogP contribution in [-0.4, -0.2) is 66.0 Å². The molecule has 2 aliphatic rings. The molecule has 1 atom stereocenters. The molecule has 2 fully saturated rings. The molecule has 1 unspecified atom stereocenters. The summed E-state index contributed by atoms with van der Waals surface area (Å²) in [6.07, 6.45) is 2.83. The molecule has 0 saturated carbocycles. The van der Waals surface area contributed by atoms with E-state index in [-0.39, 0.29) is 5.91 Å². The maximum absolute atomic E-state index is 12.9. The molecule has 1 N–H and O–H groups in total. The van der Waals surface area contributed by atoms with Crippen molar-refractivity contribution in [3.63, 3.8) is 0 Å². The molecule has 2 aromatic rings. The molecule has 5 heteroatoms. The van der Waals surface area contributed by atoms with E-state index >= 15 is 0 Å². The number of likely N-dealkylation sites (tertiary alicyclic amines) is 1. The van der Waals surface area contributed by atoms with Crippen molar-refractivity contribution in [2.45, 2.75) is 12.5 Å². The van der Waals surface area contributed by atoms with Gasteiger partial charge in [-0.2, -0.15) is 0 Å². The Balaban J connectivity index is 1.53. The number of piperazine rings is 1. The number of para-hydroxylation sites is 1. The van der Waals surface area contributed by atoms with E-state index < -0.39 is 0 Å². The number of carbonyl (C=O) groups excluding carboxylic acids is 1. The third kappa shape index (κ3) is 2.82. The topological polar surface area (TPSA) is 48.5 Å². The van der Waals surface area contributed by atoms with Crippen molar-refractivity contribution >= 4 is 16.8 Å². The van der Waals surface area contributed by atoms with Gasteiger partial charge in [0, 0.05) is 56.9 Å². The van der Waals surface area contributed by atoms with E-state index in [1.165, 1.54) is 0 Å². The first-order valence-corrected chi connectivity index (χ1v) is 8.41. The third-order valence-electron chi connectivity index (χ3n) is 4.98. The SMILES string of the molecule is O=C(c1cccc2cccnc12)N1CCC(N2CCNCC2)C1. The maximum atomic E-state index is 12.9. The zero-order valence-electron chi connectivity index (χ0n) is 13.2. The fourth-order valence-corrected chi connectivity index (χ4v) is 3.72. The van der Waals surface area contributed by atoms with Gasteiger partial charge in [0.2, 0.25) is 0 Å². The Morgan fingerprint density at radius 1 is 1.13 bits per heavy atom. The number of benzene rings is 1. The molecule has 1 aromatic heterocycles. The lowest BCUT2D eigenvalue weighted by molar-refractivity contribution is 0.0775. The Morgan fingerprint density at radius 2 is 1.96 bits per heavy atom. The maximum Gasteiger partial charge on any atom is 0.256 e. The average Bonchev–Trinajstić information content (AvgIpc) is 3.11. The van der Waals surface area contributed by atoms with Crippen LogP contribution in [0.3, 0.4) is 0 Å². The van der Waals surface area contributed by atoms with Gasteiger partial charge >= 0.3 is 0 Å². The molecule has 1 amide bonds. The zero-order chi connectivity index (χ0) is 15.6. The van der Waals surface area contributed by atoms with Crippen LogP contribution in [0.4, 0.5) is 0 Å². The number of nitrogens with one attached hydrogen (secondary N) is 1. The van der Waals surface area contributed by atoms with Gasteiger partial charge in [0.05, 0.1) is 11.1 Å². The Labute approximate surface area is 136 Å². The predicted molar refractivity (Wildman–Crippen MR) is 90.5 cm³/mol. The van der Waals surface area contributed by atoms with Gasteiger partial charge in [0.25, 0.3) is 5.91 Å². The van der Waals surface area contributed by atoms with E-state index in [0.717, 1.165) is 62.2 Å². The second-order valence-electron chi connectivity index (χ2n) is 6.36. The number of amides is 1. The number of nitrogens with zero attached hydrogens (tertiary/aromatic N) is 3. The minimum atomic E-state index is 0.118. The van der Waals surface area contributed by atoms with Crippen LogP contribution in [0.25, 0.3) is 10.9 Å². The molecule has 0 spiro atoms. The van der Waals surface area contributed by atoms with Gasteiger partial charge < -0.3 is 10.2 Å². The first-order valence-electron chi connectivity index (χ1n) is 8.41. The lowest BCUT2D eigenvalue weighted by atomic mass is 10.1. The van der Waals surface area contributed by atoms with Crippen molar-refractivity contribution in [3.05, 3.63) is 42.1 Å². The molecule has 5 nitrogen and oxygen atoms in total. The van der Waals surface area contributed by atoms with Crippen LogP contribution in [0, 0.1) is 0 Å². The van der Waals surface area contributed by atoms with Crippen LogP contribution in [0.2, 0.25) is 0 Å². The number of carbonyl (C=O) groups is 1. The minimum absolute atomic E-state index is 0.118.